The molecule has 0 fully saturated rings. The Bertz CT molecular complexity index is 543. The van der Waals surface area contributed by atoms with E-state index in [4.69, 9.17) is 4.42 Å². The standard InChI is InChI=1S/C14H25N3O3S/c1-14(2,3)21(18,19)11-9-17-13(15-4)16-8-7-12-6-5-10-20-12/h5-6,10H,7-9,11H2,1-4H3,(H2,15,16,17). The molecule has 0 aliphatic heterocycles. The van der Waals surface area contributed by atoms with E-state index >= 15 is 0 Å². The molecule has 2 N–H and O–H groups in total. The highest BCUT2D eigenvalue weighted by Gasteiger charge is 2.28. The van der Waals surface area contributed by atoms with E-state index in [1.807, 2.05) is 12.1 Å². The highest BCUT2D eigenvalue weighted by molar-refractivity contribution is 7.92. The topological polar surface area (TPSA) is 83.7 Å². The van der Waals surface area contributed by atoms with Gasteiger partial charge in [-0.3, -0.25) is 4.99 Å². The fourth-order valence-electron chi connectivity index (χ4n) is 1.59. The molecule has 0 saturated heterocycles. The lowest BCUT2D eigenvalue weighted by atomic mass is 10.3. The Hall–Kier alpha value is -1.50. The number of hydrogen-bond donors (Lipinski definition) is 2. The van der Waals surface area contributed by atoms with E-state index in [1.54, 1.807) is 34.1 Å². The molecule has 1 rings (SSSR count). The van der Waals surface area contributed by atoms with Crippen LogP contribution in [0.15, 0.2) is 27.8 Å². The highest BCUT2D eigenvalue weighted by Crippen LogP contribution is 2.15. The molecule has 1 aromatic rings. The number of furan rings is 1. The molecule has 21 heavy (non-hydrogen) atoms. The molecule has 0 aliphatic rings. The van der Waals surface area contributed by atoms with E-state index in [-0.39, 0.29) is 5.75 Å². The molecule has 6 nitrogen and oxygen atoms in total. The Kier molecular flexibility index (Phi) is 6.26. The van der Waals surface area contributed by atoms with Crippen LogP contribution in [0.1, 0.15) is 26.5 Å². The predicted octanol–water partition coefficient (Wildman–Crippen LogP) is 1.20. The summed E-state index contributed by atoms with van der Waals surface area (Å²) < 4.78 is 28.5. The molecule has 0 aromatic carbocycles. The van der Waals surface area contributed by atoms with Gasteiger partial charge in [0, 0.05) is 26.6 Å². The van der Waals surface area contributed by atoms with Crippen molar-refractivity contribution in [3.05, 3.63) is 24.2 Å². The first-order chi connectivity index (χ1) is 9.76. The van der Waals surface area contributed by atoms with Gasteiger partial charge in [-0.05, 0) is 32.9 Å². The van der Waals surface area contributed by atoms with E-state index < -0.39 is 14.6 Å². The minimum atomic E-state index is -3.12. The lowest BCUT2D eigenvalue weighted by molar-refractivity contribution is 0.507. The summed E-state index contributed by atoms with van der Waals surface area (Å²) in [6.45, 7) is 6.12. The van der Waals surface area contributed by atoms with Crippen molar-refractivity contribution in [1.82, 2.24) is 10.6 Å². The Morgan fingerprint density at radius 2 is 1.95 bits per heavy atom. The second-order valence-corrected chi connectivity index (χ2v) is 8.55. The van der Waals surface area contributed by atoms with Crippen LogP contribution in [0.3, 0.4) is 0 Å². The van der Waals surface area contributed by atoms with Crippen molar-refractivity contribution in [2.24, 2.45) is 4.99 Å². The number of rotatable bonds is 6. The zero-order valence-corrected chi connectivity index (χ0v) is 14.0. The maximum atomic E-state index is 12.0. The van der Waals surface area contributed by atoms with Crippen LogP contribution in [0, 0.1) is 0 Å². The Morgan fingerprint density at radius 1 is 1.29 bits per heavy atom. The first-order valence-electron chi connectivity index (χ1n) is 6.95. The number of nitrogens with zero attached hydrogens (tertiary/aromatic N) is 1. The van der Waals surface area contributed by atoms with Gasteiger partial charge in [0.05, 0.1) is 16.8 Å². The number of aliphatic imine (C=N–C) groups is 1. The molecule has 1 aromatic heterocycles. The van der Waals surface area contributed by atoms with Gasteiger partial charge >= 0.3 is 0 Å². The molecular formula is C14H25N3O3S. The predicted molar refractivity (Wildman–Crippen MR) is 85.3 cm³/mol. The minimum Gasteiger partial charge on any atom is -0.469 e. The molecule has 0 atom stereocenters. The fourth-order valence-corrected chi connectivity index (χ4v) is 2.57. The van der Waals surface area contributed by atoms with Gasteiger partial charge in [0.1, 0.15) is 5.76 Å². The molecule has 0 saturated carbocycles. The van der Waals surface area contributed by atoms with Crippen molar-refractivity contribution in [2.45, 2.75) is 31.9 Å². The lowest BCUT2D eigenvalue weighted by Gasteiger charge is -2.19. The maximum absolute atomic E-state index is 12.0. The van der Waals surface area contributed by atoms with Gasteiger partial charge in [0.15, 0.2) is 15.8 Å². The molecule has 120 valence electrons. The van der Waals surface area contributed by atoms with Crippen LogP contribution in [0.5, 0.6) is 0 Å². The zero-order chi connectivity index (χ0) is 15.9. The van der Waals surface area contributed by atoms with Crippen molar-refractivity contribution < 1.29 is 12.8 Å². The average molecular weight is 315 g/mol. The molecule has 0 bridgehead atoms. The van der Waals surface area contributed by atoms with Gasteiger partial charge in [-0.2, -0.15) is 0 Å². The first kappa shape index (κ1) is 17.6. The van der Waals surface area contributed by atoms with Gasteiger partial charge < -0.3 is 15.1 Å². The second kappa shape index (κ2) is 7.49. The van der Waals surface area contributed by atoms with Gasteiger partial charge in [0.25, 0.3) is 0 Å². The van der Waals surface area contributed by atoms with Gasteiger partial charge in [-0.1, -0.05) is 0 Å². The number of guanidine groups is 1. The monoisotopic (exact) mass is 315 g/mol. The van der Waals surface area contributed by atoms with Crippen LogP contribution in [0.4, 0.5) is 0 Å². The summed E-state index contributed by atoms with van der Waals surface area (Å²) in [6, 6.07) is 3.76. The van der Waals surface area contributed by atoms with Crippen LogP contribution >= 0.6 is 0 Å². The second-order valence-electron chi connectivity index (χ2n) is 5.69. The number of sulfone groups is 1. The molecule has 0 unspecified atom stereocenters. The van der Waals surface area contributed by atoms with Crippen molar-refractivity contribution in [1.29, 1.82) is 0 Å². The molecular weight excluding hydrogens is 290 g/mol. The summed E-state index contributed by atoms with van der Waals surface area (Å²) >= 11 is 0. The SMILES string of the molecule is CN=C(NCCc1ccco1)NCCS(=O)(=O)C(C)(C)C. The molecule has 0 amide bonds. The van der Waals surface area contributed by atoms with E-state index in [2.05, 4.69) is 15.6 Å². The average Bonchev–Trinajstić information content (AvgIpc) is 2.88. The summed E-state index contributed by atoms with van der Waals surface area (Å²) in [5.41, 5.74) is 0. The maximum Gasteiger partial charge on any atom is 0.191 e. The number of hydrogen-bond acceptors (Lipinski definition) is 4. The summed E-state index contributed by atoms with van der Waals surface area (Å²) in [5.74, 6) is 1.56. The van der Waals surface area contributed by atoms with Gasteiger partial charge in [0.2, 0.25) is 0 Å². The van der Waals surface area contributed by atoms with Crippen LogP contribution in [-0.4, -0.2) is 45.0 Å². The Morgan fingerprint density at radius 3 is 2.48 bits per heavy atom. The van der Waals surface area contributed by atoms with Crippen molar-refractivity contribution in [3.8, 4) is 0 Å². The van der Waals surface area contributed by atoms with Crippen LogP contribution in [0.2, 0.25) is 0 Å². The smallest absolute Gasteiger partial charge is 0.191 e. The van der Waals surface area contributed by atoms with Crippen LogP contribution < -0.4 is 10.6 Å². The minimum absolute atomic E-state index is 0.0788. The highest BCUT2D eigenvalue weighted by atomic mass is 32.2. The molecule has 0 aliphatic carbocycles. The fraction of sp³-hybridized carbons (Fsp3) is 0.643. The number of nitrogens with one attached hydrogen (secondary N) is 2. The van der Waals surface area contributed by atoms with Crippen LogP contribution in [0.25, 0.3) is 0 Å². The van der Waals surface area contributed by atoms with Crippen molar-refractivity contribution >= 4 is 15.8 Å². The van der Waals surface area contributed by atoms with E-state index in [0.717, 1.165) is 12.2 Å². The third-order valence-electron chi connectivity index (χ3n) is 3.06. The first-order valence-corrected chi connectivity index (χ1v) is 8.61. The van der Waals surface area contributed by atoms with E-state index in [0.29, 0.717) is 19.0 Å². The molecule has 7 heteroatoms. The quantitative estimate of drug-likeness (QED) is 0.609. The van der Waals surface area contributed by atoms with Gasteiger partial charge in [-0.25, -0.2) is 8.42 Å². The summed E-state index contributed by atoms with van der Waals surface area (Å²) in [6.07, 6.45) is 2.38. The molecule has 1 heterocycles. The molecule has 0 radical (unpaired) electrons. The summed E-state index contributed by atoms with van der Waals surface area (Å²) in [7, 11) is -1.46. The summed E-state index contributed by atoms with van der Waals surface area (Å²) in [5, 5.41) is 6.12. The Balaban J connectivity index is 2.32. The van der Waals surface area contributed by atoms with E-state index in [1.165, 1.54) is 0 Å². The van der Waals surface area contributed by atoms with Crippen molar-refractivity contribution in [2.75, 3.05) is 25.9 Å². The Labute approximate surface area is 126 Å². The van der Waals surface area contributed by atoms with E-state index in [9.17, 15) is 8.42 Å². The van der Waals surface area contributed by atoms with Crippen LogP contribution in [-0.2, 0) is 16.3 Å². The van der Waals surface area contributed by atoms with Crippen molar-refractivity contribution in [3.63, 3.8) is 0 Å². The van der Waals surface area contributed by atoms with Gasteiger partial charge in [-0.15, -0.1) is 0 Å². The normalized spacial score (nSPS) is 13.2. The third kappa shape index (κ3) is 5.79. The molecule has 0 spiro atoms. The summed E-state index contributed by atoms with van der Waals surface area (Å²) in [4.78, 5) is 4.06. The largest absolute Gasteiger partial charge is 0.469 e. The lowest BCUT2D eigenvalue weighted by Crippen LogP contribution is -2.42. The third-order valence-corrected chi connectivity index (χ3v) is 5.67. The zero-order valence-electron chi connectivity index (χ0n) is 13.1.